The zero-order valence-corrected chi connectivity index (χ0v) is 13.3. The smallest absolute Gasteiger partial charge is 0.311 e. The normalized spacial score (nSPS) is 27.5. The second-order valence-corrected chi connectivity index (χ2v) is 6.78. The molecule has 3 atom stereocenters. The molecule has 1 aliphatic carbocycles. The summed E-state index contributed by atoms with van der Waals surface area (Å²) in [5.41, 5.74) is 0.370. The highest BCUT2D eigenvalue weighted by Crippen LogP contribution is 2.49. The summed E-state index contributed by atoms with van der Waals surface area (Å²) in [7, 11) is 0. The predicted molar refractivity (Wildman–Crippen MR) is 88.0 cm³/mol. The van der Waals surface area contributed by atoms with E-state index in [-0.39, 0.29) is 17.7 Å². The molecule has 2 fully saturated rings. The van der Waals surface area contributed by atoms with Crippen LogP contribution in [0.5, 0.6) is 0 Å². The van der Waals surface area contributed by atoms with Crippen molar-refractivity contribution >= 4 is 11.9 Å². The van der Waals surface area contributed by atoms with Crippen LogP contribution in [0.15, 0.2) is 43.0 Å². The zero-order chi connectivity index (χ0) is 16.4. The number of hydrogen-bond donors (Lipinski definition) is 1. The number of rotatable bonds is 5. The van der Waals surface area contributed by atoms with Gasteiger partial charge < -0.3 is 10.0 Å². The van der Waals surface area contributed by atoms with Crippen molar-refractivity contribution in [3.63, 3.8) is 0 Å². The molecule has 0 bridgehead atoms. The maximum absolute atomic E-state index is 12.7. The lowest BCUT2D eigenvalue weighted by Crippen LogP contribution is -2.37. The van der Waals surface area contributed by atoms with Crippen LogP contribution in [-0.2, 0) is 9.59 Å². The minimum atomic E-state index is -0.737. The van der Waals surface area contributed by atoms with E-state index in [4.69, 9.17) is 0 Å². The fourth-order valence-electron chi connectivity index (χ4n) is 4.18. The van der Waals surface area contributed by atoms with Gasteiger partial charge in [0.05, 0.1) is 5.41 Å². The van der Waals surface area contributed by atoms with Gasteiger partial charge in [0.25, 0.3) is 0 Å². The molecule has 3 rings (SSSR count). The number of allylic oxidation sites excluding steroid dienone is 1. The van der Waals surface area contributed by atoms with Gasteiger partial charge in [-0.25, -0.2) is 0 Å². The third kappa shape index (κ3) is 2.78. The quantitative estimate of drug-likeness (QED) is 0.850. The summed E-state index contributed by atoms with van der Waals surface area (Å²) < 4.78 is 0. The summed E-state index contributed by atoms with van der Waals surface area (Å²) >= 11 is 0. The van der Waals surface area contributed by atoms with Crippen LogP contribution in [-0.4, -0.2) is 35.0 Å². The van der Waals surface area contributed by atoms with Crippen molar-refractivity contribution in [2.45, 2.75) is 31.6 Å². The zero-order valence-electron chi connectivity index (χ0n) is 13.3. The van der Waals surface area contributed by atoms with Crippen molar-refractivity contribution < 1.29 is 14.7 Å². The Morgan fingerprint density at radius 3 is 2.74 bits per heavy atom. The highest BCUT2D eigenvalue weighted by Gasteiger charge is 2.55. The van der Waals surface area contributed by atoms with E-state index in [0.29, 0.717) is 25.9 Å². The van der Waals surface area contributed by atoms with Gasteiger partial charge in [-0.05, 0) is 24.3 Å². The topological polar surface area (TPSA) is 57.6 Å². The molecule has 23 heavy (non-hydrogen) atoms. The van der Waals surface area contributed by atoms with Crippen LogP contribution < -0.4 is 0 Å². The molecule has 4 heteroatoms. The summed E-state index contributed by atoms with van der Waals surface area (Å²) in [6.45, 7) is 4.80. The fraction of sp³-hybridized carbons (Fsp3) is 0.474. The second kappa shape index (κ2) is 6.19. The van der Waals surface area contributed by atoms with Crippen molar-refractivity contribution in [2.24, 2.45) is 11.3 Å². The number of amides is 1. The fourth-order valence-corrected chi connectivity index (χ4v) is 4.18. The van der Waals surface area contributed by atoms with Crippen LogP contribution >= 0.6 is 0 Å². The number of benzene rings is 1. The molecule has 1 heterocycles. The molecule has 1 unspecified atom stereocenters. The number of hydrogen-bond acceptors (Lipinski definition) is 2. The monoisotopic (exact) mass is 313 g/mol. The minimum absolute atomic E-state index is 0.0232. The third-order valence-electron chi connectivity index (χ3n) is 5.56. The standard InChI is InChI=1S/C19H23NO3/c1-2-14(15-7-4-3-5-8-15)11-17(21)20-12-16-9-6-10-19(16,13-20)18(22)23/h2-5,7-8,14,16H,1,6,9-13H2,(H,22,23)/t14?,16-,19+/m0/s1. The molecule has 0 radical (unpaired) electrons. The van der Waals surface area contributed by atoms with Crippen molar-refractivity contribution in [3.8, 4) is 0 Å². The van der Waals surface area contributed by atoms with E-state index in [9.17, 15) is 14.7 Å². The molecule has 1 aromatic rings. The molecule has 0 spiro atoms. The van der Waals surface area contributed by atoms with Crippen LogP contribution in [0.2, 0.25) is 0 Å². The molecule has 122 valence electrons. The van der Waals surface area contributed by atoms with Crippen molar-refractivity contribution in [1.82, 2.24) is 4.90 Å². The van der Waals surface area contributed by atoms with Gasteiger partial charge in [0.2, 0.25) is 5.91 Å². The maximum Gasteiger partial charge on any atom is 0.311 e. The van der Waals surface area contributed by atoms with Gasteiger partial charge in [-0.2, -0.15) is 0 Å². The molecular formula is C19H23NO3. The summed E-state index contributed by atoms with van der Waals surface area (Å²) in [5.74, 6) is -0.611. The first kappa shape index (κ1) is 15.8. The van der Waals surface area contributed by atoms with E-state index in [2.05, 4.69) is 6.58 Å². The van der Waals surface area contributed by atoms with Crippen LogP contribution in [0.1, 0.15) is 37.2 Å². The van der Waals surface area contributed by atoms with E-state index in [1.165, 1.54) is 0 Å². The number of carbonyl (C=O) groups excluding carboxylic acids is 1. The molecular weight excluding hydrogens is 290 g/mol. The summed E-state index contributed by atoms with van der Waals surface area (Å²) in [4.78, 5) is 26.1. The second-order valence-electron chi connectivity index (χ2n) is 6.78. The number of likely N-dealkylation sites (tertiary alicyclic amines) is 1. The van der Waals surface area contributed by atoms with Gasteiger partial charge in [0.15, 0.2) is 0 Å². The number of carbonyl (C=O) groups is 2. The van der Waals surface area contributed by atoms with Gasteiger partial charge in [-0.3, -0.25) is 9.59 Å². The highest BCUT2D eigenvalue weighted by molar-refractivity contribution is 5.82. The van der Waals surface area contributed by atoms with Crippen LogP contribution in [0.3, 0.4) is 0 Å². The average molecular weight is 313 g/mol. The van der Waals surface area contributed by atoms with Gasteiger partial charge >= 0.3 is 5.97 Å². The number of carboxylic acid groups (broad SMARTS) is 1. The molecule has 1 N–H and O–H groups in total. The van der Waals surface area contributed by atoms with Crippen LogP contribution in [0.25, 0.3) is 0 Å². The Kier molecular flexibility index (Phi) is 4.24. The SMILES string of the molecule is C=CC(CC(=O)N1C[C@@H]2CCC[C@@]2(C(=O)O)C1)c1ccccc1. The summed E-state index contributed by atoms with van der Waals surface area (Å²) in [6.07, 6.45) is 4.73. The Hall–Kier alpha value is -2.10. The highest BCUT2D eigenvalue weighted by atomic mass is 16.4. The molecule has 4 nitrogen and oxygen atoms in total. The Morgan fingerprint density at radius 1 is 1.39 bits per heavy atom. The number of fused-ring (bicyclic) bond motifs is 1. The van der Waals surface area contributed by atoms with E-state index >= 15 is 0 Å². The molecule has 1 saturated heterocycles. The Morgan fingerprint density at radius 2 is 2.13 bits per heavy atom. The first-order valence-electron chi connectivity index (χ1n) is 8.25. The van der Waals surface area contributed by atoms with Gasteiger partial charge in [0.1, 0.15) is 0 Å². The lowest BCUT2D eigenvalue weighted by Gasteiger charge is -2.24. The van der Waals surface area contributed by atoms with Gasteiger partial charge in [-0.15, -0.1) is 6.58 Å². The van der Waals surface area contributed by atoms with E-state index < -0.39 is 11.4 Å². The summed E-state index contributed by atoms with van der Waals surface area (Å²) in [6, 6.07) is 9.85. The Labute approximate surface area is 136 Å². The third-order valence-corrected chi connectivity index (χ3v) is 5.56. The van der Waals surface area contributed by atoms with Crippen molar-refractivity contribution in [3.05, 3.63) is 48.6 Å². The maximum atomic E-state index is 12.7. The number of nitrogens with zero attached hydrogens (tertiary/aromatic N) is 1. The predicted octanol–water partition coefficient (Wildman–Crippen LogP) is 3.06. The van der Waals surface area contributed by atoms with Gasteiger partial charge in [-0.1, -0.05) is 42.8 Å². The minimum Gasteiger partial charge on any atom is -0.481 e. The van der Waals surface area contributed by atoms with Crippen LogP contribution in [0.4, 0.5) is 0 Å². The van der Waals surface area contributed by atoms with E-state index in [0.717, 1.165) is 18.4 Å². The van der Waals surface area contributed by atoms with Crippen LogP contribution in [0, 0.1) is 11.3 Å². The molecule has 2 aliphatic rings. The lowest BCUT2D eigenvalue weighted by molar-refractivity contribution is -0.149. The molecule has 0 aromatic heterocycles. The van der Waals surface area contributed by atoms with E-state index in [1.54, 1.807) is 11.0 Å². The van der Waals surface area contributed by atoms with Crippen molar-refractivity contribution in [2.75, 3.05) is 13.1 Å². The molecule has 1 aliphatic heterocycles. The molecule has 1 aromatic carbocycles. The van der Waals surface area contributed by atoms with Crippen molar-refractivity contribution in [1.29, 1.82) is 0 Å². The Balaban J connectivity index is 1.70. The van der Waals surface area contributed by atoms with E-state index in [1.807, 2.05) is 30.3 Å². The largest absolute Gasteiger partial charge is 0.481 e. The Bertz CT molecular complexity index is 612. The summed E-state index contributed by atoms with van der Waals surface area (Å²) in [5, 5.41) is 9.63. The average Bonchev–Trinajstić information content (AvgIpc) is 3.11. The first-order valence-corrected chi connectivity index (χ1v) is 8.25. The molecule has 1 saturated carbocycles. The molecule has 1 amide bonds. The number of carboxylic acids is 1. The van der Waals surface area contributed by atoms with Gasteiger partial charge in [0, 0.05) is 25.4 Å². The number of aliphatic carboxylic acids is 1. The lowest BCUT2D eigenvalue weighted by atomic mass is 9.81. The first-order chi connectivity index (χ1) is 11.1.